The number of fused-ring (bicyclic) bond motifs is 1. The Kier molecular flexibility index (Phi) is 3.58. The first kappa shape index (κ1) is 16.4. The number of hydrogen-bond acceptors (Lipinski definition) is 5. The van der Waals surface area contributed by atoms with E-state index in [1.807, 2.05) is 37.0 Å². The van der Waals surface area contributed by atoms with Gasteiger partial charge in [-0.3, -0.25) is 9.36 Å². The molecule has 1 aliphatic rings. The van der Waals surface area contributed by atoms with Crippen LogP contribution in [0.3, 0.4) is 0 Å². The van der Waals surface area contributed by atoms with E-state index >= 15 is 0 Å². The molecule has 8 nitrogen and oxygen atoms in total. The fourth-order valence-electron chi connectivity index (χ4n) is 3.69. The maximum atomic E-state index is 6.27. The maximum Gasteiger partial charge on any atom is 0.177 e. The Labute approximate surface area is 160 Å². The van der Waals surface area contributed by atoms with Gasteiger partial charge in [-0.25, -0.2) is 0 Å². The van der Waals surface area contributed by atoms with Crippen molar-refractivity contribution in [2.45, 2.75) is 38.6 Å². The second kappa shape index (κ2) is 5.88. The second-order valence-electron chi connectivity index (χ2n) is 7.00. The summed E-state index contributed by atoms with van der Waals surface area (Å²) in [6.07, 6.45) is 3.05. The van der Waals surface area contributed by atoms with Crippen LogP contribution in [0.1, 0.15) is 42.3 Å². The lowest BCUT2D eigenvalue weighted by molar-refractivity contribution is 0.650. The third-order valence-electron chi connectivity index (χ3n) is 5.16. The van der Waals surface area contributed by atoms with E-state index in [1.54, 1.807) is 9.20 Å². The van der Waals surface area contributed by atoms with Crippen LogP contribution in [-0.2, 0) is 13.6 Å². The van der Waals surface area contributed by atoms with Crippen LogP contribution in [0.4, 0.5) is 0 Å². The molecule has 0 amide bonds. The lowest BCUT2D eigenvalue weighted by Crippen LogP contribution is -2.03. The highest BCUT2D eigenvalue weighted by atomic mass is 35.5. The highest BCUT2D eigenvalue weighted by molar-refractivity contribution is 6.30. The molecule has 0 spiro atoms. The second-order valence-corrected chi connectivity index (χ2v) is 7.36. The molecule has 2 unspecified atom stereocenters. The maximum absolute atomic E-state index is 6.27. The molecule has 138 valence electrons. The summed E-state index contributed by atoms with van der Waals surface area (Å²) in [5.41, 5.74) is 4.80. The third-order valence-corrected chi connectivity index (χ3v) is 5.45. The molecule has 27 heavy (non-hydrogen) atoms. The zero-order chi connectivity index (χ0) is 18.7. The molecule has 1 saturated carbocycles. The molecule has 0 radical (unpaired) electrons. The van der Waals surface area contributed by atoms with E-state index in [4.69, 9.17) is 21.8 Å². The summed E-state index contributed by atoms with van der Waals surface area (Å²) in [6, 6.07) is 6.05. The Morgan fingerprint density at radius 1 is 1.15 bits per heavy atom. The van der Waals surface area contributed by atoms with Crippen LogP contribution in [0.5, 0.6) is 0 Å². The number of aryl methyl sites for hydroxylation is 3. The van der Waals surface area contributed by atoms with Crippen molar-refractivity contribution in [1.82, 2.24) is 39.4 Å². The molecule has 9 heteroatoms. The summed E-state index contributed by atoms with van der Waals surface area (Å²) < 4.78 is 5.53. The molecule has 0 saturated heterocycles. The fourth-order valence-corrected chi connectivity index (χ4v) is 4.00. The highest BCUT2D eigenvalue weighted by Gasteiger charge is 2.43. The molecule has 0 bridgehead atoms. The number of halogens is 1. The number of aromatic nitrogens is 8. The van der Waals surface area contributed by atoms with Gasteiger partial charge in [0.2, 0.25) is 0 Å². The first-order chi connectivity index (χ1) is 13.0. The van der Waals surface area contributed by atoms with E-state index in [1.165, 1.54) is 0 Å². The van der Waals surface area contributed by atoms with Crippen molar-refractivity contribution < 1.29 is 0 Å². The van der Waals surface area contributed by atoms with E-state index < -0.39 is 0 Å². The van der Waals surface area contributed by atoms with Gasteiger partial charge in [-0.05, 0) is 44.4 Å². The van der Waals surface area contributed by atoms with Gasteiger partial charge >= 0.3 is 0 Å². The highest BCUT2D eigenvalue weighted by Crippen LogP contribution is 2.55. The number of nitrogens with zero attached hydrogens (tertiary/aromatic N) is 8. The van der Waals surface area contributed by atoms with E-state index in [2.05, 4.69) is 28.3 Å². The average Bonchev–Trinajstić information content (AvgIpc) is 3.00. The van der Waals surface area contributed by atoms with Gasteiger partial charge < -0.3 is 0 Å². The summed E-state index contributed by atoms with van der Waals surface area (Å²) in [4.78, 5) is 0. The van der Waals surface area contributed by atoms with Crippen LogP contribution in [-0.4, -0.2) is 39.4 Å². The van der Waals surface area contributed by atoms with Gasteiger partial charge in [0.1, 0.15) is 5.69 Å². The molecular weight excluding hydrogens is 364 g/mol. The number of hydrogen-bond donors (Lipinski definition) is 0. The molecule has 0 N–H and O–H groups in total. The van der Waals surface area contributed by atoms with Crippen molar-refractivity contribution in [2.24, 2.45) is 7.05 Å². The largest absolute Gasteiger partial charge is 0.274 e. The van der Waals surface area contributed by atoms with Crippen LogP contribution < -0.4 is 0 Å². The van der Waals surface area contributed by atoms with Crippen LogP contribution >= 0.6 is 11.6 Å². The quantitative estimate of drug-likeness (QED) is 0.542. The number of rotatable bonds is 4. The zero-order valence-corrected chi connectivity index (χ0v) is 16.1. The van der Waals surface area contributed by atoms with Crippen LogP contribution in [0.25, 0.3) is 17.0 Å². The zero-order valence-electron chi connectivity index (χ0n) is 15.3. The van der Waals surface area contributed by atoms with Crippen LogP contribution in [0.15, 0.2) is 24.4 Å². The minimum Gasteiger partial charge on any atom is -0.274 e. The molecule has 4 aromatic rings. The average molecular weight is 383 g/mol. The molecule has 0 aromatic carbocycles. The van der Waals surface area contributed by atoms with Crippen molar-refractivity contribution in [3.05, 3.63) is 46.6 Å². The molecule has 1 fully saturated rings. The first-order valence-corrected chi connectivity index (χ1v) is 9.39. The molecule has 4 heterocycles. The molecule has 5 rings (SSSR count). The van der Waals surface area contributed by atoms with Crippen LogP contribution in [0.2, 0.25) is 5.15 Å². The first-order valence-electron chi connectivity index (χ1n) is 9.01. The predicted molar refractivity (Wildman–Crippen MR) is 101 cm³/mol. The van der Waals surface area contributed by atoms with E-state index in [9.17, 15) is 0 Å². The van der Waals surface area contributed by atoms with Gasteiger partial charge in [-0.15, -0.1) is 10.2 Å². The molecular formula is C18H19ClN8. The topological polar surface area (TPSA) is 78.7 Å². The Bertz CT molecular complexity index is 1150. The molecule has 1 aliphatic carbocycles. The van der Waals surface area contributed by atoms with Gasteiger partial charge in [0.15, 0.2) is 16.6 Å². The molecule has 4 aromatic heterocycles. The lowest BCUT2D eigenvalue weighted by Gasteiger charge is -2.04. The van der Waals surface area contributed by atoms with Gasteiger partial charge in [-0.2, -0.15) is 19.8 Å². The van der Waals surface area contributed by atoms with Gasteiger partial charge in [-0.1, -0.05) is 11.6 Å². The van der Waals surface area contributed by atoms with E-state index in [-0.39, 0.29) is 0 Å². The van der Waals surface area contributed by atoms with Crippen molar-refractivity contribution in [3.8, 4) is 11.4 Å². The van der Waals surface area contributed by atoms with Gasteiger partial charge in [0.25, 0.3) is 0 Å². The summed E-state index contributed by atoms with van der Waals surface area (Å²) in [5.74, 6) is 1.52. The normalized spacial score (nSPS) is 19.1. The third kappa shape index (κ3) is 2.63. The monoisotopic (exact) mass is 382 g/mol. The fraction of sp³-hybridized carbons (Fsp3) is 0.389. The standard InChI is InChI=1S/C18H19ClN8/c1-4-26-16(14-5-6-17-21-20-10(2)27(17)23-14)8-15(22-26)12-7-11(12)13-9-25(3)24-18(13)19/h5-6,8-9,11-12H,4,7H2,1-3H3. The van der Waals surface area contributed by atoms with Crippen molar-refractivity contribution in [2.75, 3.05) is 0 Å². The SMILES string of the molecule is CCn1nc(C2CC2c2cn(C)nc2Cl)cc1-c1ccc2nnc(C)n2n1. The summed E-state index contributed by atoms with van der Waals surface area (Å²) >= 11 is 6.27. The van der Waals surface area contributed by atoms with E-state index in [0.29, 0.717) is 17.0 Å². The lowest BCUT2D eigenvalue weighted by atomic mass is 10.1. The van der Waals surface area contributed by atoms with E-state index in [0.717, 1.165) is 47.1 Å². The van der Waals surface area contributed by atoms with Gasteiger partial charge in [0.05, 0.1) is 11.4 Å². The predicted octanol–water partition coefficient (Wildman–Crippen LogP) is 2.97. The Hall–Kier alpha value is -2.74. The minimum absolute atomic E-state index is 0.374. The minimum atomic E-state index is 0.374. The summed E-state index contributed by atoms with van der Waals surface area (Å²) in [6.45, 7) is 4.76. The summed E-state index contributed by atoms with van der Waals surface area (Å²) in [5, 5.41) is 22.6. The Morgan fingerprint density at radius 2 is 2.00 bits per heavy atom. The molecule has 0 aliphatic heterocycles. The Morgan fingerprint density at radius 3 is 2.74 bits per heavy atom. The molecule has 2 atom stereocenters. The van der Waals surface area contributed by atoms with Crippen molar-refractivity contribution >= 4 is 17.2 Å². The van der Waals surface area contributed by atoms with Crippen molar-refractivity contribution in [1.29, 1.82) is 0 Å². The van der Waals surface area contributed by atoms with Crippen molar-refractivity contribution in [3.63, 3.8) is 0 Å². The smallest absolute Gasteiger partial charge is 0.177 e. The summed E-state index contributed by atoms with van der Waals surface area (Å²) in [7, 11) is 1.89. The Balaban J connectivity index is 1.50. The van der Waals surface area contributed by atoms with Crippen LogP contribution in [0, 0.1) is 6.92 Å². The van der Waals surface area contributed by atoms with Gasteiger partial charge in [0, 0.05) is 31.3 Å².